The van der Waals surface area contributed by atoms with Crippen LogP contribution in [0.2, 0.25) is 5.02 Å². The maximum Gasteiger partial charge on any atom is 0.318 e. The van der Waals surface area contributed by atoms with Gasteiger partial charge in [0.2, 0.25) is 5.91 Å². The molecule has 2 aliphatic rings. The van der Waals surface area contributed by atoms with Gasteiger partial charge in [0.25, 0.3) is 0 Å². The fraction of sp³-hybridized carbons (Fsp3) is 0.556. The predicted molar refractivity (Wildman–Crippen MR) is 101 cm³/mol. The summed E-state index contributed by atoms with van der Waals surface area (Å²) in [6.07, 6.45) is 0. The Hall–Kier alpha value is -1.99. The Kier molecular flexibility index (Phi) is 6.21. The van der Waals surface area contributed by atoms with Gasteiger partial charge in [0.15, 0.2) is 0 Å². The summed E-state index contributed by atoms with van der Waals surface area (Å²) in [5, 5.41) is 3.54. The van der Waals surface area contributed by atoms with Crippen molar-refractivity contribution >= 4 is 29.2 Å². The number of benzene rings is 1. The highest BCUT2D eigenvalue weighted by atomic mass is 35.5. The Bertz CT molecular complexity index is 626. The van der Waals surface area contributed by atoms with Gasteiger partial charge in [-0.05, 0) is 31.2 Å². The summed E-state index contributed by atoms with van der Waals surface area (Å²) >= 11 is 5.93. The second-order valence-corrected chi connectivity index (χ2v) is 7.00. The van der Waals surface area contributed by atoms with Gasteiger partial charge in [0.1, 0.15) is 6.04 Å². The fourth-order valence-corrected chi connectivity index (χ4v) is 3.34. The van der Waals surface area contributed by atoms with Crippen molar-refractivity contribution in [1.82, 2.24) is 15.1 Å². The molecule has 0 unspecified atom stereocenters. The number of anilines is 1. The zero-order valence-corrected chi connectivity index (χ0v) is 15.7. The van der Waals surface area contributed by atoms with E-state index in [0.29, 0.717) is 44.4 Å². The van der Waals surface area contributed by atoms with E-state index in [-0.39, 0.29) is 11.9 Å². The summed E-state index contributed by atoms with van der Waals surface area (Å²) < 4.78 is 5.26. The number of morpholine rings is 1. The van der Waals surface area contributed by atoms with E-state index < -0.39 is 6.04 Å². The molecule has 0 aliphatic carbocycles. The molecule has 0 radical (unpaired) electrons. The number of ether oxygens (including phenoxy) is 1. The number of nitrogens with one attached hydrogen (secondary N) is 1. The fourth-order valence-electron chi connectivity index (χ4n) is 3.22. The molecule has 2 aliphatic heterocycles. The third-order valence-corrected chi connectivity index (χ3v) is 5.04. The molecule has 1 N–H and O–H groups in total. The van der Waals surface area contributed by atoms with Gasteiger partial charge in [-0.25, -0.2) is 4.79 Å². The Balaban J connectivity index is 1.47. The smallest absolute Gasteiger partial charge is 0.318 e. The SMILES string of the molecule is C[C@@H](NC(=O)N1CCN(c2ccc(Cl)cc2)CC1)C(=O)N1CCOCC1. The van der Waals surface area contributed by atoms with Crippen LogP contribution in [0, 0.1) is 0 Å². The van der Waals surface area contributed by atoms with E-state index >= 15 is 0 Å². The molecule has 0 spiro atoms. The van der Waals surface area contributed by atoms with Crippen LogP contribution in [0.4, 0.5) is 10.5 Å². The molecule has 142 valence electrons. The lowest BCUT2D eigenvalue weighted by molar-refractivity contribution is -0.136. The second-order valence-electron chi connectivity index (χ2n) is 6.56. The Labute approximate surface area is 158 Å². The van der Waals surface area contributed by atoms with Crippen molar-refractivity contribution in [2.75, 3.05) is 57.4 Å². The van der Waals surface area contributed by atoms with Gasteiger partial charge in [0.05, 0.1) is 13.2 Å². The van der Waals surface area contributed by atoms with E-state index in [1.54, 1.807) is 16.7 Å². The van der Waals surface area contributed by atoms with Gasteiger partial charge in [-0.1, -0.05) is 11.6 Å². The number of piperazine rings is 1. The molecule has 0 aromatic heterocycles. The van der Waals surface area contributed by atoms with E-state index in [4.69, 9.17) is 16.3 Å². The predicted octanol–water partition coefficient (Wildman–Crippen LogP) is 1.42. The lowest BCUT2D eigenvalue weighted by Crippen LogP contribution is -2.56. The normalized spacial score (nSPS) is 19.2. The minimum absolute atomic E-state index is 0.0542. The number of amides is 3. The Morgan fingerprint density at radius 3 is 2.23 bits per heavy atom. The lowest BCUT2D eigenvalue weighted by atomic mass is 10.2. The van der Waals surface area contributed by atoms with Crippen LogP contribution < -0.4 is 10.2 Å². The van der Waals surface area contributed by atoms with Crippen LogP contribution in [0.25, 0.3) is 0 Å². The zero-order valence-electron chi connectivity index (χ0n) is 15.0. The van der Waals surface area contributed by atoms with Crippen LogP contribution in [0.15, 0.2) is 24.3 Å². The van der Waals surface area contributed by atoms with E-state index in [9.17, 15) is 9.59 Å². The van der Waals surface area contributed by atoms with E-state index in [0.717, 1.165) is 18.8 Å². The van der Waals surface area contributed by atoms with Crippen LogP contribution in [0.1, 0.15) is 6.92 Å². The number of rotatable bonds is 3. The summed E-state index contributed by atoms with van der Waals surface area (Å²) in [7, 11) is 0. The number of carbonyl (C=O) groups excluding carboxylic acids is 2. The Morgan fingerprint density at radius 2 is 1.62 bits per heavy atom. The highest BCUT2D eigenvalue weighted by Gasteiger charge is 2.27. The topological polar surface area (TPSA) is 65.1 Å². The average molecular weight is 381 g/mol. The molecule has 1 aromatic carbocycles. The summed E-state index contributed by atoms with van der Waals surface area (Å²) in [5.74, 6) is -0.0542. The van der Waals surface area contributed by atoms with Crippen LogP contribution in [0.5, 0.6) is 0 Å². The number of nitrogens with zero attached hydrogens (tertiary/aromatic N) is 3. The number of hydrogen-bond acceptors (Lipinski definition) is 4. The van der Waals surface area contributed by atoms with Crippen LogP contribution in [0.3, 0.4) is 0 Å². The molecular formula is C18H25ClN4O3. The van der Waals surface area contributed by atoms with E-state index in [1.165, 1.54) is 0 Å². The van der Waals surface area contributed by atoms with E-state index in [1.807, 2.05) is 24.3 Å². The molecule has 0 saturated carbocycles. The van der Waals surface area contributed by atoms with Crippen molar-refractivity contribution < 1.29 is 14.3 Å². The third kappa shape index (κ3) is 4.59. The van der Waals surface area contributed by atoms with Crippen LogP contribution in [-0.2, 0) is 9.53 Å². The monoisotopic (exact) mass is 380 g/mol. The maximum absolute atomic E-state index is 12.5. The van der Waals surface area contributed by atoms with Gasteiger partial charge in [0, 0.05) is 50.0 Å². The van der Waals surface area contributed by atoms with Gasteiger partial charge in [-0.3, -0.25) is 4.79 Å². The van der Waals surface area contributed by atoms with Crippen LogP contribution in [-0.4, -0.2) is 80.3 Å². The van der Waals surface area contributed by atoms with Crippen molar-refractivity contribution in [3.05, 3.63) is 29.3 Å². The van der Waals surface area contributed by atoms with Crippen molar-refractivity contribution in [3.8, 4) is 0 Å². The molecule has 2 fully saturated rings. The molecular weight excluding hydrogens is 356 g/mol. The molecule has 2 heterocycles. The van der Waals surface area contributed by atoms with Crippen molar-refractivity contribution in [3.63, 3.8) is 0 Å². The quantitative estimate of drug-likeness (QED) is 0.861. The third-order valence-electron chi connectivity index (χ3n) is 4.79. The Morgan fingerprint density at radius 1 is 1.00 bits per heavy atom. The average Bonchev–Trinajstić information content (AvgIpc) is 2.68. The van der Waals surface area contributed by atoms with Gasteiger partial charge in [-0.15, -0.1) is 0 Å². The first-order valence-corrected chi connectivity index (χ1v) is 9.35. The second kappa shape index (κ2) is 8.60. The number of hydrogen-bond donors (Lipinski definition) is 1. The highest BCUT2D eigenvalue weighted by molar-refractivity contribution is 6.30. The largest absolute Gasteiger partial charge is 0.378 e. The standard InChI is InChI=1S/C18H25ClN4O3/c1-14(17(24)22-10-12-26-13-11-22)20-18(25)23-8-6-21(7-9-23)16-4-2-15(19)3-5-16/h2-5,14H,6-13H2,1H3,(H,20,25)/t14-/m1/s1. The minimum Gasteiger partial charge on any atom is -0.378 e. The molecule has 8 heteroatoms. The number of carbonyl (C=O) groups is 2. The molecule has 7 nitrogen and oxygen atoms in total. The molecule has 1 atom stereocenters. The van der Waals surface area contributed by atoms with Crippen molar-refractivity contribution in [2.45, 2.75) is 13.0 Å². The number of halogens is 1. The molecule has 3 rings (SSSR count). The summed E-state index contributed by atoms with van der Waals surface area (Å²) in [4.78, 5) is 30.6. The summed E-state index contributed by atoms with van der Waals surface area (Å²) in [5.41, 5.74) is 1.10. The lowest BCUT2D eigenvalue weighted by Gasteiger charge is -2.37. The van der Waals surface area contributed by atoms with E-state index in [2.05, 4.69) is 10.2 Å². The highest BCUT2D eigenvalue weighted by Crippen LogP contribution is 2.19. The molecule has 3 amide bonds. The first-order valence-electron chi connectivity index (χ1n) is 8.97. The molecule has 26 heavy (non-hydrogen) atoms. The summed E-state index contributed by atoms with van der Waals surface area (Å²) in [6.45, 7) is 6.75. The van der Waals surface area contributed by atoms with Gasteiger partial charge >= 0.3 is 6.03 Å². The first kappa shape index (κ1) is 18.8. The van der Waals surface area contributed by atoms with Crippen LogP contribution >= 0.6 is 11.6 Å². The minimum atomic E-state index is -0.533. The van der Waals surface area contributed by atoms with Gasteiger partial charge < -0.3 is 24.8 Å². The molecule has 0 bridgehead atoms. The first-order chi connectivity index (χ1) is 12.5. The van der Waals surface area contributed by atoms with Gasteiger partial charge in [-0.2, -0.15) is 0 Å². The maximum atomic E-state index is 12.5. The van der Waals surface area contributed by atoms with Crippen molar-refractivity contribution in [2.24, 2.45) is 0 Å². The zero-order chi connectivity index (χ0) is 18.5. The molecule has 2 saturated heterocycles. The number of urea groups is 1. The molecule has 1 aromatic rings. The summed E-state index contributed by atoms with van der Waals surface area (Å²) in [6, 6.07) is 7.00. The van der Waals surface area contributed by atoms with Crippen molar-refractivity contribution in [1.29, 1.82) is 0 Å².